The Labute approximate surface area is 150 Å². The Kier molecular flexibility index (Phi) is 4.43. The summed E-state index contributed by atoms with van der Waals surface area (Å²) in [6.45, 7) is 4.00. The summed E-state index contributed by atoms with van der Waals surface area (Å²) in [5.41, 5.74) is 11.0. The highest BCUT2D eigenvalue weighted by molar-refractivity contribution is 6.30. The second-order valence-electron chi connectivity index (χ2n) is 5.87. The number of aromatic nitrogens is 1. The molecule has 1 aromatic heterocycles. The van der Waals surface area contributed by atoms with Crippen LogP contribution in [0, 0.1) is 31.0 Å². The minimum absolute atomic E-state index is 0.0267. The van der Waals surface area contributed by atoms with Gasteiger partial charge >= 0.3 is 0 Å². The summed E-state index contributed by atoms with van der Waals surface area (Å²) in [4.78, 5) is 4.37. The number of halogens is 2. The topological polar surface area (TPSA) is 62.7 Å². The molecule has 0 saturated heterocycles. The van der Waals surface area contributed by atoms with Gasteiger partial charge in [0.2, 0.25) is 0 Å². The average molecular weight is 352 g/mol. The van der Waals surface area contributed by atoms with Gasteiger partial charge in [-0.15, -0.1) is 0 Å². The van der Waals surface area contributed by atoms with Gasteiger partial charge in [0, 0.05) is 11.1 Å². The molecule has 124 valence electrons. The van der Waals surface area contributed by atoms with E-state index in [1.807, 2.05) is 32.0 Å². The highest BCUT2D eigenvalue weighted by atomic mass is 35.5. The molecule has 0 fully saturated rings. The van der Waals surface area contributed by atoms with Crippen LogP contribution in [-0.2, 0) is 0 Å². The molecule has 3 nitrogen and oxygen atoms in total. The van der Waals surface area contributed by atoms with Crippen LogP contribution in [0.5, 0.6) is 0 Å². The Bertz CT molecular complexity index is 1020. The lowest BCUT2D eigenvalue weighted by atomic mass is 9.96. The van der Waals surface area contributed by atoms with Crippen LogP contribution in [0.15, 0.2) is 42.5 Å². The van der Waals surface area contributed by atoms with Crippen molar-refractivity contribution in [1.29, 1.82) is 5.26 Å². The summed E-state index contributed by atoms with van der Waals surface area (Å²) in [6, 6.07) is 14.2. The van der Waals surface area contributed by atoms with Crippen LogP contribution in [-0.4, -0.2) is 4.98 Å². The number of nitrogens with two attached hydrogens (primary N) is 1. The monoisotopic (exact) mass is 351 g/mol. The van der Waals surface area contributed by atoms with Crippen LogP contribution in [0.4, 0.5) is 10.2 Å². The van der Waals surface area contributed by atoms with Crippen molar-refractivity contribution in [3.05, 3.63) is 70.0 Å². The Morgan fingerprint density at radius 3 is 2.48 bits per heavy atom. The largest absolute Gasteiger partial charge is 0.383 e. The summed E-state index contributed by atoms with van der Waals surface area (Å²) >= 11 is 5.76. The molecule has 0 aliphatic heterocycles. The van der Waals surface area contributed by atoms with Gasteiger partial charge in [0.25, 0.3) is 0 Å². The van der Waals surface area contributed by atoms with Gasteiger partial charge in [-0.25, -0.2) is 9.37 Å². The standard InChI is InChI=1S/C20H15ClFN3/c1-11-3-5-14(12(2)7-11)19-9-15(16(10-23)20(24)25-19)13-4-6-17(21)18(22)8-13/h3-9H,1-2H3,(H2,24,25). The number of rotatable bonds is 2. The zero-order valence-electron chi connectivity index (χ0n) is 13.8. The van der Waals surface area contributed by atoms with Crippen molar-refractivity contribution in [2.45, 2.75) is 13.8 Å². The molecule has 0 aliphatic rings. The van der Waals surface area contributed by atoms with E-state index in [4.69, 9.17) is 17.3 Å². The predicted octanol–water partition coefficient (Wildman–Crippen LogP) is 5.28. The summed E-state index contributed by atoms with van der Waals surface area (Å²) in [6.07, 6.45) is 0. The number of pyridine rings is 1. The third kappa shape index (κ3) is 3.19. The number of anilines is 1. The number of benzene rings is 2. The van der Waals surface area contributed by atoms with Gasteiger partial charge < -0.3 is 5.73 Å². The predicted molar refractivity (Wildman–Crippen MR) is 98.7 cm³/mol. The van der Waals surface area contributed by atoms with E-state index < -0.39 is 5.82 Å². The first kappa shape index (κ1) is 16.9. The summed E-state index contributed by atoms with van der Waals surface area (Å²) in [7, 11) is 0. The van der Waals surface area contributed by atoms with Crippen molar-refractivity contribution in [2.75, 3.05) is 5.73 Å². The van der Waals surface area contributed by atoms with Crippen molar-refractivity contribution in [3.63, 3.8) is 0 Å². The minimum atomic E-state index is -0.550. The fourth-order valence-corrected chi connectivity index (χ4v) is 2.93. The van der Waals surface area contributed by atoms with Crippen LogP contribution in [0.25, 0.3) is 22.4 Å². The lowest BCUT2D eigenvalue weighted by Gasteiger charge is -2.12. The highest BCUT2D eigenvalue weighted by Gasteiger charge is 2.15. The fraction of sp³-hybridized carbons (Fsp3) is 0.100. The van der Waals surface area contributed by atoms with Crippen LogP contribution in [0.2, 0.25) is 5.02 Å². The number of hydrogen-bond donors (Lipinski definition) is 1. The molecule has 0 aliphatic carbocycles. The van der Waals surface area contributed by atoms with Gasteiger partial charge in [-0.3, -0.25) is 0 Å². The van der Waals surface area contributed by atoms with E-state index in [0.717, 1.165) is 16.7 Å². The van der Waals surface area contributed by atoms with Gasteiger partial charge in [-0.1, -0.05) is 41.4 Å². The Hall–Kier alpha value is -2.90. The van der Waals surface area contributed by atoms with Crippen molar-refractivity contribution in [2.24, 2.45) is 0 Å². The summed E-state index contributed by atoms with van der Waals surface area (Å²) in [5, 5.41) is 9.47. The fourth-order valence-electron chi connectivity index (χ4n) is 2.81. The maximum absolute atomic E-state index is 13.9. The molecule has 0 unspecified atom stereocenters. The number of nitriles is 1. The Morgan fingerprint density at radius 1 is 1.08 bits per heavy atom. The van der Waals surface area contributed by atoms with E-state index in [1.54, 1.807) is 12.1 Å². The SMILES string of the molecule is Cc1ccc(-c2cc(-c3ccc(Cl)c(F)c3)c(C#N)c(N)n2)c(C)c1. The Morgan fingerprint density at radius 2 is 1.84 bits per heavy atom. The minimum Gasteiger partial charge on any atom is -0.383 e. The molecule has 0 atom stereocenters. The molecule has 0 bridgehead atoms. The van der Waals surface area contributed by atoms with Crippen LogP contribution >= 0.6 is 11.6 Å². The first-order chi connectivity index (χ1) is 11.9. The molecule has 0 radical (unpaired) electrons. The van der Waals surface area contributed by atoms with Gasteiger partial charge in [0.15, 0.2) is 0 Å². The molecule has 0 spiro atoms. The van der Waals surface area contributed by atoms with Crippen LogP contribution in [0.3, 0.4) is 0 Å². The molecule has 2 N–H and O–H groups in total. The lowest BCUT2D eigenvalue weighted by Crippen LogP contribution is -2.00. The molecule has 25 heavy (non-hydrogen) atoms. The number of aryl methyl sites for hydroxylation is 2. The number of nitrogens with zero attached hydrogens (tertiary/aromatic N) is 2. The molecule has 0 saturated carbocycles. The summed E-state index contributed by atoms with van der Waals surface area (Å²) < 4.78 is 13.9. The zero-order chi connectivity index (χ0) is 18.1. The quantitative estimate of drug-likeness (QED) is 0.683. The molecule has 3 rings (SSSR count). The first-order valence-corrected chi connectivity index (χ1v) is 8.02. The van der Waals surface area contributed by atoms with E-state index in [9.17, 15) is 9.65 Å². The lowest BCUT2D eigenvalue weighted by molar-refractivity contribution is 0.629. The molecule has 0 amide bonds. The molecule has 3 aromatic rings. The zero-order valence-corrected chi connectivity index (χ0v) is 14.5. The third-order valence-corrected chi connectivity index (χ3v) is 4.35. The van der Waals surface area contributed by atoms with E-state index in [1.165, 1.54) is 12.1 Å². The molecule has 2 aromatic carbocycles. The second kappa shape index (κ2) is 6.54. The van der Waals surface area contributed by atoms with E-state index in [2.05, 4.69) is 11.1 Å². The van der Waals surface area contributed by atoms with Crippen molar-refractivity contribution >= 4 is 17.4 Å². The van der Waals surface area contributed by atoms with Crippen molar-refractivity contribution < 1.29 is 4.39 Å². The molecular weight excluding hydrogens is 337 g/mol. The van der Waals surface area contributed by atoms with E-state index in [0.29, 0.717) is 16.8 Å². The van der Waals surface area contributed by atoms with Crippen LogP contribution in [0.1, 0.15) is 16.7 Å². The van der Waals surface area contributed by atoms with Gasteiger partial charge in [0.1, 0.15) is 23.3 Å². The second-order valence-corrected chi connectivity index (χ2v) is 6.28. The average Bonchev–Trinajstić information content (AvgIpc) is 2.56. The maximum Gasteiger partial charge on any atom is 0.142 e. The van der Waals surface area contributed by atoms with E-state index in [-0.39, 0.29) is 16.4 Å². The Balaban J connectivity index is 2.26. The maximum atomic E-state index is 13.9. The van der Waals surface area contributed by atoms with Gasteiger partial charge in [-0.05, 0) is 43.2 Å². The molecule has 5 heteroatoms. The first-order valence-electron chi connectivity index (χ1n) is 7.64. The highest BCUT2D eigenvalue weighted by Crippen LogP contribution is 2.33. The van der Waals surface area contributed by atoms with E-state index >= 15 is 0 Å². The third-order valence-electron chi connectivity index (χ3n) is 4.05. The van der Waals surface area contributed by atoms with Gasteiger partial charge in [-0.2, -0.15) is 5.26 Å². The van der Waals surface area contributed by atoms with Crippen molar-refractivity contribution in [3.8, 4) is 28.5 Å². The number of hydrogen-bond acceptors (Lipinski definition) is 3. The smallest absolute Gasteiger partial charge is 0.142 e. The number of nitrogen functional groups attached to an aromatic ring is 1. The van der Waals surface area contributed by atoms with Gasteiger partial charge in [0.05, 0.1) is 10.7 Å². The molecular formula is C20H15ClFN3. The van der Waals surface area contributed by atoms with Crippen molar-refractivity contribution in [1.82, 2.24) is 4.98 Å². The normalized spacial score (nSPS) is 10.5. The van der Waals surface area contributed by atoms with Crippen LogP contribution < -0.4 is 5.73 Å². The molecule has 1 heterocycles. The summed E-state index contributed by atoms with van der Waals surface area (Å²) in [5.74, 6) is -0.433.